The normalized spacial score (nSPS) is 20.9. The molecule has 4 unspecified atom stereocenters. The van der Waals surface area contributed by atoms with E-state index in [1.165, 1.54) is 5.56 Å². The number of rotatable bonds is 6. The number of nitrogens with zero attached hydrogens (tertiary/aromatic N) is 7. The quantitative estimate of drug-likeness (QED) is 0.179. The van der Waals surface area contributed by atoms with Crippen molar-refractivity contribution in [3.63, 3.8) is 0 Å². The van der Waals surface area contributed by atoms with Crippen molar-refractivity contribution in [2.24, 2.45) is 11.8 Å². The van der Waals surface area contributed by atoms with E-state index in [0.29, 0.717) is 22.9 Å². The van der Waals surface area contributed by atoms with Crippen LogP contribution in [-0.4, -0.2) is 70.2 Å². The Bertz CT molecular complexity index is 1830. The van der Waals surface area contributed by atoms with E-state index in [0.717, 1.165) is 68.9 Å². The summed E-state index contributed by atoms with van der Waals surface area (Å²) >= 11 is 0. The van der Waals surface area contributed by atoms with Gasteiger partial charge in [0.15, 0.2) is 11.0 Å². The number of imidazole rings is 2. The summed E-state index contributed by atoms with van der Waals surface area (Å²) < 4.78 is 3.39. The molecule has 2 aliphatic rings. The summed E-state index contributed by atoms with van der Waals surface area (Å²) in [6, 6.07) is 10.5. The van der Waals surface area contributed by atoms with Gasteiger partial charge in [-0.3, -0.25) is 14.5 Å². The first-order valence-corrected chi connectivity index (χ1v) is 15.3. The van der Waals surface area contributed by atoms with Crippen LogP contribution in [-0.2, 0) is 39.8 Å². The van der Waals surface area contributed by atoms with Gasteiger partial charge in [-0.15, -0.1) is 0 Å². The van der Waals surface area contributed by atoms with E-state index in [1.807, 2.05) is 19.9 Å². The molecule has 252 valence electrons. The average molecular weight is 722 g/mol. The van der Waals surface area contributed by atoms with Gasteiger partial charge < -0.3 is 22.7 Å². The predicted octanol–water partition coefficient (Wildman–Crippen LogP) is 3.60. The number of hydrogen-bond acceptors (Lipinski definition) is 8. The predicted molar refractivity (Wildman–Crippen MR) is 178 cm³/mol. The van der Waals surface area contributed by atoms with E-state index in [1.54, 1.807) is 21.4 Å². The number of fused-ring (bicyclic) bond motifs is 2. The van der Waals surface area contributed by atoms with Crippen LogP contribution in [0.25, 0.3) is 11.0 Å². The van der Waals surface area contributed by atoms with Gasteiger partial charge in [-0.1, -0.05) is 65.5 Å². The van der Waals surface area contributed by atoms with Gasteiger partial charge in [-0.05, 0) is 23.9 Å². The summed E-state index contributed by atoms with van der Waals surface area (Å²) in [4.78, 5) is 41.3. The summed E-state index contributed by atoms with van der Waals surface area (Å²) in [7, 11) is 0. The third-order valence-corrected chi connectivity index (χ3v) is 8.77. The van der Waals surface area contributed by atoms with Crippen LogP contribution in [0.5, 0.6) is 0 Å². The molecular weight excluding hydrogens is 675 g/mol. The molecule has 0 bridgehead atoms. The maximum Gasteiger partial charge on any atom is 0.276 e. The summed E-state index contributed by atoms with van der Waals surface area (Å²) in [6.07, 6.45) is 4.71. The number of H-pyrrole nitrogens is 2. The van der Waals surface area contributed by atoms with Crippen molar-refractivity contribution in [1.29, 1.82) is 0 Å². The molecule has 6 heterocycles. The minimum atomic E-state index is -0.106. The van der Waals surface area contributed by atoms with Crippen LogP contribution in [0.4, 0.5) is 0 Å². The molecule has 13 heteroatoms. The van der Waals surface area contributed by atoms with E-state index in [9.17, 15) is 9.59 Å². The molecule has 3 N–H and O–H groups in total. The molecule has 0 radical (unpaired) electrons. The maximum atomic E-state index is 12.4. The second-order valence-electron chi connectivity index (χ2n) is 11.8. The standard InChI is InChI=1S/C19H23N5O.C12H17N5O.CH4.CH3.Pd/c1-3-17-20-9-16-19(25)21-18(22-24(16)17)15-12-23(10-13(15)2)11-14-7-5-4-6-8-14;1-3-10-14-6-9-12(18)15-11(16-17(9)10)8-5-13-4-7(8)2;;;/h4-9,13,15H,3,10-12H2,1-2H3,(H,21,22,25);6-8,13H,3-5H2,1-2H3,(H,15,16,18);1H4;1H3;/q;;;-1;. The maximum absolute atomic E-state index is 12.4. The topological polar surface area (TPSA) is 141 Å². The van der Waals surface area contributed by atoms with Crippen molar-refractivity contribution in [3.8, 4) is 0 Å². The van der Waals surface area contributed by atoms with Crippen LogP contribution in [0, 0.1) is 19.3 Å². The zero-order valence-electron chi connectivity index (χ0n) is 26.6. The molecule has 2 saturated heterocycles. The smallest absolute Gasteiger partial charge is 0.276 e. The number of hydrogen-bond donors (Lipinski definition) is 3. The van der Waals surface area contributed by atoms with E-state index in [4.69, 9.17) is 5.10 Å². The number of aromatic amines is 2. The first-order chi connectivity index (χ1) is 20.9. The molecule has 0 amide bonds. The molecule has 0 aliphatic carbocycles. The second kappa shape index (κ2) is 15.9. The minimum absolute atomic E-state index is 0. The van der Waals surface area contributed by atoms with Crippen molar-refractivity contribution in [1.82, 2.24) is 49.4 Å². The summed E-state index contributed by atoms with van der Waals surface area (Å²) in [5.74, 6) is 4.62. The van der Waals surface area contributed by atoms with E-state index in [-0.39, 0.29) is 58.2 Å². The van der Waals surface area contributed by atoms with Crippen molar-refractivity contribution >= 4 is 11.0 Å². The first kappa shape index (κ1) is 37.0. The van der Waals surface area contributed by atoms with E-state index in [2.05, 4.69) is 73.4 Å². The first-order valence-electron chi connectivity index (χ1n) is 15.3. The molecule has 1 aromatic carbocycles. The minimum Gasteiger partial charge on any atom is -0.358 e. The fourth-order valence-corrected chi connectivity index (χ4v) is 6.31. The average Bonchev–Trinajstić information content (AvgIpc) is 3.80. The van der Waals surface area contributed by atoms with Crippen molar-refractivity contribution < 1.29 is 20.4 Å². The Morgan fingerprint density at radius 3 is 1.83 bits per heavy atom. The summed E-state index contributed by atoms with van der Waals surface area (Å²) in [6.45, 7) is 13.1. The molecule has 7 rings (SSSR count). The molecule has 4 aromatic heterocycles. The van der Waals surface area contributed by atoms with Gasteiger partial charge in [0.2, 0.25) is 0 Å². The fraction of sp³-hybridized carbons (Fsp3) is 0.485. The monoisotopic (exact) mass is 721 g/mol. The third kappa shape index (κ3) is 7.39. The van der Waals surface area contributed by atoms with Crippen molar-refractivity contribution in [2.45, 2.75) is 66.3 Å². The molecule has 0 saturated carbocycles. The van der Waals surface area contributed by atoms with Crippen molar-refractivity contribution in [3.05, 3.63) is 99.7 Å². The Morgan fingerprint density at radius 2 is 1.33 bits per heavy atom. The SMILES string of the molecule is C.CCc1ncc2c(=O)[nH]c(C3CN(Cc4ccccc4)CC3C)nn12.CCc1ncc2c(=O)[nH]c(C3CNCC3C)nn12.[CH3-].[Pd]. The number of nitrogens with one attached hydrogen (secondary N) is 3. The van der Waals surface area contributed by atoms with E-state index < -0.39 is 0 Å². The summed E-state index contributed by atoms with van der Waals surface area (Å²) in [5, 5.41) is 12.6. The number of likely N-dealkylation sites (tertiary alicyclic amines) is 1. The third-order valence-electron chi connectivity index (χ3n) is 8.77. The molecule has 4 atom stereocenters. The van der Waals surface area contributed by atoms with Gasteiger partial charge in [0.1, 0.15) is 23.3 Å². The van der Waals surface area contributed by atoms with Gasteiger partial charge >= 0.3 is 0 Å². The molecular formula is C33H47N10O2Pd-. The molecule has 12 nitrogen and oxygen atoms in total. The van der Waals surface area contributed by atoms with Gasteiger partial charge in [-0.2, -0.15) is 10.2 Å². The number of aromatic nitrogens is 8. The molecule has 0 spiro atoms. The van der Waals surface area contributed by atoms with Crippen LogP contribution in [0.1, 0.15) is 75.8 Å². The van der Waals surface area contributed by atoms with Crippen LogP contribution in [0.15, 0.2) is 52.3 Å². The zero-order chi connectivity index (χ0) is 30.1. The Kier molecular flexibility index (Phi) is 12.8. The fourth-order valence-electron chi connectivity index (χ4n) is 6.31. The summed E-state index contributed by atoms with van der Waals surface area (Å²) in [5.41, 5.74) is 2.15. The molecule has 46 heavy (non-hydrogen) atoms. The molecule has 2 fully saturated rings. The molecule has 5 aromatic rings. The van der Waals surface area contributed by atoms with Gasteiger partial charge in [-0.25, -0.2) is 19.0 Å². The van der Waals surface area contributed by atoms with Crippen LogP contribution >= 0.6 is 0 Å². The van der Waals surface area contributed by atoms with Gasteiger partial charge in [0, 0.05) is 71.3 Å². The zero-order valence-corrected chi connectivity index (χ0v) is 28.1. The number of aryl methyl sites for hydroxylation is 2. The largest absolute Gasteiger partial charge is 0.358 e. The Hall–Kier alpha value is -3.50. The van der Waals surface area contributed by atoms with Gasteiger partial charge in [0.25, 0.3) is 11.1 Å². The van der Waals surface area contributed by atoms with Gasteiger partial charge in [0.05, 0.1) is 12.4 Å². The van der Waals surface area contributed by atoms with E-state index >= 15 is 0 Å². The van der Waals surface area contributed by atoms with Crippen molar-refractivity contribution in [2.75, 3.05) is 26.2 Å². The Balaban J connectivity index is 0.000000246. The van der Waals surface area contributed by atoms with Crippen LogP contribution in [0.3, 0.4) is 0 Å². The molecule has 2 aliphatic heterocycles. The van der Waals surface area contributed by atoms with Crippen LogP contribution in [0.2, 0.25) is 0 Å². The van der Waals surface area contributed by atoms with Crippen LogP contribution < -0.4 is 16.4 Å². The second-order valence-corrected chi connectivity index (χ2v) is 11.8. The number of benzene rings is 1. The Labute approximate surface area is 284 Å². The Morgan fingerprint density at radius 1 is 0.783 bits per heavy atom.